The molecule has 1 aliphatic heterocycles. The van der Waals surface area contributed by atoms with E-state index in [-0.39, 0.29) is 10.8 Å². The van der Waals surface area contributed by atoms with E-state index >= 15 is 0 Å². The van der Waals surface area contributed by atoms with E-state index < -0.39 is 0 Å². The third kappa shape index (κ3) is 4.29. The van der Waals surface area contributed by atoms with Crippen LogP contribution in [0.15, 0.2) is 12.1 Å². The average molecular weight is 318 g/mol. The van der Waals surface area contributed by atoms with Gasteiger partial charge in [0.2, 0.25) is 0 Å². The summed E-state index contributed by atoms with van der Waals surface area (Å²) in [6, 6.07) is 5.12. The van der Waals surface area contributed by atoms with Gasteiger partial charge in [-0.25, -0.2) is 0 Å². The molecule has 1 N–H and O–H groups in total. The van der Waals surface area contributed by atoms with Crippen molar-refractivity contribution in [2.45, 2.75) is 91.1 Å². The van der Waals surface area contributed by atoms with Crippen molar-refractivity contribution in [3.05, 3.63) is 28.8 Å². The molecule has 1 aromatic rings. The van der Waals surface area contributed by atoms with Gasteiger partial charge in [0.25, 0.3) is 0 Å². The minimum Gasteiger partial charge on any atom is -0.507 e. The zero-order chi connectivity index (χ0) is 17.4. The lowest BCUT2D eigenvalue weighted by Crippen LogP contribution is -2.36. The fraction of sp³-hybridized carbons (Fsp3) is 0.714. The number of likely N-dealkylation sites (tertiary alicyclic amines) is 1. The van der Waals surface area contributed by atoms with Crippen molar-refractivity contribution in [3.8, 4) is 5.75 Å². The van der Waals surface area contributed by atoms with Crippen molar-refractivity contribution in [3.63, 3.8) is 0 Å². The monoisotopic (exact) mass is 317 g/mol. The minimum absolute atomic E-state index is 0.0480. The number of nitrogens with zero attached hydrogens (tertiary/aromatic N) is 1. The average Bonchev–Trinajstić information content (AvgIpc) is 2.40. The SMILES string of the molecule is C[C@H]1CCCCN1Cc1cc(C(C)(C)C)c(O)c(C(C)(C)C)c1. The third-order valence-electron chi connectivity index (χ3n) is 5.11. The zero-order valence-corrected chi connectivity index (χ0v) is 16.2. The summed E-state index contributed by atoms with van der Waals surface area (Å²) in [7, 11) is 0. The maximum atomic E-state index is 10.8. The van der Waals surface area contributed by atoms with E-state index in [0.717, 1.165) is 17.7 Å². The number of hydrogen-bond acceptors (Lipinski definition) is 2. The van der Waals surface area contributed by atoms with Crippen LogP contribution in [0.25, 0.3) is 0 Å². The molecule has 23 heavy (non-hydrogen) atoms. The molecule has 0 amide bonds. The molecule has 1 fully saturated rings. The second-order valence-corrected chi connectivity index (χ2v) is 9.35. The second kappa shape index (κ2) is 6.47. The normalized spacial score (nSPS) is 20.7. The van der Waals surface area contributed by atoms with Gasteiger partial charge in [0, 0.05) is 12.6 Å². The quantitative estimate of drug-likeness (QED) is 0.793. The van der Waals surface area contributed by atoms with E-state index in [4.69, 9.17) is 0 Å². The number of benzene rings is 1. The van der Waals surface area contributed by atoms with Crippen LogP contribution in [-0.4, -0.2) is 22.6 Å². The van der Waals surface area contributed by atoms with Crippen molar-refractivity contribution >= 4 is 0 Å². The molecule has 1 aliphatic rings. The molecule has 130 valence electrons. The standard InChI is InChI=1S/C21H35NO/c1-15-10-8-9-11-22(15)14-16-12-17(20(2,3)4)19(23)18(13-16)21(5,6)7/h12-13,15,23H,8-11,14H2,1-7H3/t15-/m0/s1. The Labute approximate surface area is 142 Å². The Morgan fingerprint density at radius 1 is 1.00 bits per heavy atom. The van der Waals surface area contributed by atoms with E-state index in [2.05, 4.69) is 65.5 Å². The zero-order valence-electron chi connectivity index (χ0n) is 16.2. The number of rotatable bonds is 2. The molecule has 0 spiro atoms. The summed E-state index contributed by atoms with van der Waals surface area (Å²) in [4.78, 5) is 2.59. The lowest BCUT2D eigenvalue weighted by Gasteiger charge is -2.34. The second-order valence-electron chi connectivity index (χ2n) is 9.35. The van der Waals surface area contributed by atoms with E-state index in [0.29, 0.717) is 11.8 Å². The molecule has 2 rings (SSSR count). The predicted molar refractivity (Wildman–Crippen MR) is 99.2 cm³/mol. The van der Waals surface area contributed by atoms with Crippen molar-refractivity contribution < 1.29 is 5.11 Å². The molecule has 2 heteroatoms. The predicted octanol–water partition coefficient (Wildman–Crippen LogP) is 5.36. The fourth-order valence-corrected chi connectivity index (χ4v) is 3.56. The maximum Gasteiger partial charge on any atom is 0.123 e. The van der Waals surface area contributed by atoms with E-state index in [1.54, 1.807) is 0 Å². The van der Waals surface area contributed by atoms with Crippen LogP contribution < -0.4 is 0 Å². The van der Waals surface area contributed by atoms with Gasteiger partial charge in [-0.15, -0.1) is 0 Å². The van der Waals surface area contributed by atoms with Gasteiger partial charge in [-0.1, -0.05) is 60.1 Å². The van der Waals surface area contributed by atoms with Crippen LogP contribution in [0.5, 0.6) is 5.75 Å². The van der Waals surface area contributed by atoms with Crippen LogP contribution in [-0.2, 0) is 17.4 Å². The first-order chi connectivity index (χ1) is 10.5. The lowest BCUT2D eigenvalue weighted by atomic mass is 9.78. The molecule has 0 saturated carbocycles. The molecule has 2 nitrogen and oxygen atoms in total. The lowest BCUT2D eigenvalue weighted by molar-refractivity contribution is 0.152. The van der Waals surface area contributed by atoms with Gasteiger partial charge in [0.15, 0.2) is 0 Å². The Bertz CT molecular complexity index is 513. The first kappa shape index (κ1) is 18.3. The van der Waals surface area contributed by atoms with Crippen LogP contribution in [0.4, 0.5) is 0 Å². The Hall–Kier alpha value is -1.02. The highest BCUT2D eigenvalue weighted by molar-refractivity contribution is 5.49. The number of aromatic hydroxyl groups is 1. The van der Waals surface area contributed by atoms with Crippen LogP contribution >= 0.6 is 0 Å². The van der Waals surface area contributed by atoms with Gasteiger partial charge >= 0.3 is 0 Å². The van der Waals surface area contributed by atoms with Gasteiger partial charge in [-0.2, -0.15) is 0 Å². The van der Waals surface area contributed by atoms with Gasteiger partial charge in [-0.05, 0) is 53.8 Å². The number of hydrogen-bond donors (Lipinski definition) is 1. The highest BCUT2D eigenvalue weighted by Crippen LogP contribution is 2.40. The smallest absolute Gasteiger partial charge is 0.123 e. The largest absolute Gasteiger partial charge is 0.507 e. The molecule has 1 saturated heterocycles. The Balaban J connectivity index is 2.43. The van der Waals surface area contributed by atoms with Crippen molar-refractivity contribution in [1.82, 2.24) is 4.90 Å². The van der Waals surface area contributed by atoms with Gasteiger partial charge in [0.1, 0.15) is 5.75 Å². The third-order valence-corrected chi connectivity index (χ3v) is 5.11. The summed E-state index contributed by atoms with van der Waals surface area (Å²) in [5.41, 5.74) is 3.39. The van der Waals surface area contributed by atoms with E-state index in [1.807, 2.05) is 0 Å². The summed E-state index contributed by atoms with van der Waals surface area (Å²) in [6.07, 6.45) is 3.96. The molecular weight excluding hydrogens is 282 g/mol. The van der Waals surface area contributed by atoms with Gasteiger partial charge in [-0.3, -0.25) is 4.90 Å². The van der Waals surface area contributed by atoms with Crippen LogP contribution in [0.3, 0.4) is 0 Å². The van der Waals surface area contributed by atoms with Gasteiger partial charge < -0.3 is 5.11 Å². The molecule has 0 unspecified atom stereocenters. The molecule has 0 bridgehead atoms. The van der Waals surface area contributed by atoms with Crippen molar-refractivity contribution in [2.75, 3.05) is 6.54 Å². The van der Waals surface area contributed by atoms with Crippen molar-refractivity contribution in [2.24, 2.45) is 0 Å². The fourth-order valence-electron chi connectivity index (χ4n) is 3.56. The number of piperidine rings is 1. The topological polar surface area (TPSA) is 23.5 Å². The summed E-state index contributed by atoms with van der Waals surface area (Å²) < 4.78 is 0. The number of phenolic OH excluding ortho intramolecular Hbond substituents is 1. The minimum atomic E-state index is -0.0480. The highest BCUT2D eigenvalue weighted by atomic mass is 16.3. The first-order valence-corrected chi connectivity index (χ1v) is 9.11. The number of phenols is 1. The Kier molecular flexibility index (Phi) is 5.15. The molecule has 1 aromatic carbocycles. The van der Waals surface area contributed by atoms with Crippen LogP contribution in [0, 0.1) is 0 Å². The summed E-state index contributed by atoms with van der Waals surface area (Å²) in [5, 5.41) is 10.8. The van der Waals surface area contributed by atoms with E-state index in [9.17, 15) is 5.11 Å². The summed E-state index contributed by atoms with van der Waals surface area (Å²) >= 11 is 0. The maximum absolute atomic E-state index is 10.8. The summed E-state index contributed by atoms with van der Waals surface area (Å²) in [5.74, 6) is 0.487. The van der Waals surface area contributed by atoms with E-state index in [1.165, 1.54) is 31.4 Å². The highest BCUT2D eigenvalue weighted by Gasteiger charge is 2.27. The Morgan fingerprint density at radius 2 is 1.52 bits per heavy atom. The Morgan fingerprint density at radius 3 is 1.96 bits per heavy atom. The molecule has 0 aromatic heterocycles. The molecule has 1 atom stereocenters. The van der Waals surface area contributed by atoms with Crippen molar-refractivity contribution in [1.29, 1.82) is 0 Å². The summed E-state index contributed by atoms with van der Waals surface area (Å²) in [6.45, 7) is 17.6. The molecular formula is C21H35NO. The van der Waals surface area contributed by atoms with Crippen LogP contribution in [0.1, 0.15) is 84.4 Å². The van der Waals surface area contributed by atoms with Gasteiger partial charge in [0.05, 0.1) is 0 Å². The molecule has 0 aliphatic carbocycles. The molecule has 0 radical (unpaired) electrons. The van der Waals surface area contributed by atoms with Crippen LogP contribution in [0.2, 0.25) is 0 Å². The molecule has 1 heterocycles. The first-order valence-electron chi connectivity index (χ1n) is 9.11.